The van der Waals surface area contributed by atoms with Crippen molar-refractivity contribution in [2.75, 3.05) is 6.54 Å². The van der Waals surface area contributed by atoms with E-state index < -0.39 is 9.84 Å². The third-order valence-electron chi connectivity index (χ3n) is 4.37. The number of carbonyl (C=O) groups is 1. The van der Waals surface area contributed by atoms with Crippen molar-refractivity contribution in [2.24, 2.45) is 11.7 Å². The van der Waals surface area contributed by atoms with Gasteiger partial charge < -0.3 is 11.1 Å². The number of hydrogen-bond donors (Lipinski definition) is 2. The topological polar surface area (TPSA) is 89.3 Å². The smallest absolute Gasteiger partial charge is 0.251 e. The molecular weight excluding hydrogens is 336 g/mol. The predicted octanol–water partition coefficient (Wildman–Crippen LogP) is 2.13. The number of nitrogens with two attached hydrogens (primary N) is 1. The summed E-state index contributed by atoms with van der Waals surface area (Å²) in [4.78, 5) is 12.5. The third kappa shape index (κ3) is 4.67. The summed E-state index contributed by atoms with van der Waals surface area (Å²) >= 11 is 0. The van der Waals surface area contributed by atoms with Crippen LogP contribution in [-0.2, 0) is 15.6 Å². The molecule has 1 unspecified atom stereocenters. The zero-order chi connectivity index (χ0) is 17.9. The van der Waals surface area contributed by atoms with Gasteiger partial charge in [0.2, 0.25) is 0 Å². The van der Waals surface area contributed by atoms with Crippen molar-refractivity contribution < 1.29 is 13.2 Å². The van der Waals surface area contributed by atoms with Gasteiger partial charge in [0.15, 0.2) is 9.84 Å². The molecule has 0 bridgehead atoms. The lowest BCUT2D eigenvalue weighted by molar-refractivity contribution is 0.0950. The molecular formula is C19H22N2O3S. The normalized spacial score (nSPS) is 15.6. The van der Waals surface area contributed by atoms with Crippen LogP contribution >= 0.6 is 0 Å². The number of benzene rings is 2. The van der Waals surface area contributed by atoms with Crippen molar-refractivity contribution >= 4 is 15.7 Å². The van der Waals surface area contributed by atoms with E-state index in [-0.39, 0.29) is 22.6 Å². The summed E-state index contributed by atoms with van der Waals surface area (Å²) in [7, 11) is -3.44. The molecule has 3 N–H and O–H groups in total. The summed E-state index contributed by atoms with van der Waals surface area (Å²) in [6, 6.07) is 15.0. The molecule has 1 fully saturated rings. The molecule has 1 saturated carbocycles. The summed E-state index contributed by atoms with van der Waals surface area (Å²) in [6.45, 7) is 0.441. The van der Waals surface area contributed by atoms with Crippen LogP contribution in [0.2, 0.25) is 0 Å². The number of carbonyl (C=O) groups excluding carboxylic acids is 1. The summed E-state index contributed by atoms with van der Waals surface area (Å²) in [5, 5.41) is 2.83. The lowest BCUT2D eigenvalue weighted by Crippen LogP contribution is -2.38. The highest BCUT2D eigenvalue weighted by Gasteiger charge is 2.28. The maximum Gasteiger partial charge on any atom is 0.251 e. The molecule has 5 nitrogen and oxygen atoms in total. The first-order chi connectivity index (χ1) is 12.0. The van der Waals surface area contributed by atoms with E-state index in [9.17, 15) is 13.2 Å². The summed E-state index contributed by atoms with van der Waals surface area (Å²) < 4.78 is 24.9. The maximum absolute atomic E-state index is 12.5. The molecule has 0 saturated heterocycles. The van der Waals surface area contributed by atoms with Gasteiger partial charge in [-0.25, -0.2) is 8.42 Å². The van der Waals surface area contributed by atoms with Crippen LogP contribution in [0.3, 0.4) is 0 Å². The van der Waals surface area contributed by atoms with Gasteiger partial charge in [-0.15, -0.1) is 0 Å². The first-order valence-corrected chi connectivity index (χ1v) is 10.0. The lowest BCUT2D eigenvalue weighted by atomic mass is 10.1. The fraction of sp³-hybridized carbons (Fsp3) is 0.316. The van der Waals surface area contributed by atoms with Gasteiger partial charge in [0.25, 0.3) is 5.91 Å². The number of nitrogens with one attached hydrogen (secondary N) is 1. The standard InChI is InChI=1S/C19H22N2O3S/c20-18(15-9-10-15)12-21-19(22)16-6-4-5-14(11-16)13-25(23,24)17-7-2-1-3-8-17/h1-8,11,15,18H,9-10,12-13,20H2,(H,21,22). The van der Waals surface area contributed by atoms with Crippen molar-refractivity contribution in [3.8, 4) is 0 Å². The van der Waals surface area contributed by atoms with Crippen LogP contribution in [-0.4, -0.2) is 26.9 Å². The highest BCUT2D eigenvalue weighted by Crippen LogP contribution is 2.31. The average molecular weight is 358 g/mol. The van der Waals surface area contributed by atoms with E-state index in [0.29, 0.717) is 23.6 Å². The van der Waals surface area contributed by atoms with Gasteiger partial charge in [-0.2, -0.15) is 0 Å². The minimum atomic E-state index is -3.44. The maximum atomic E-state index is 12.5. The van der Waals surface area contributed by atoms with E-state index >= 15 is 0 Å². The van der Waals surface area contributed by atoms with Gasteiger partial charge in [-0.3, -0.25) is 4.79 Å². The molecule has 0 spiro atoms. The Morgan fingerprint density at radius 1 is 1.12 bits per heavy atom. The fourth-order valence-corrected chi connectivity index (χ4v) is 4.09. The first kappa shape index (κ1) is 17.6. The molecule has 25 heavy (non-hydrogen) atoms. The van der Waals surface area contributed by atoms with E-state index in [1.165, 1.54) is 0 Å². The third-order valence-corrected chi connectivity index (χ3v) is 6.08. The highest BCUT2D eigenvalue weighted by molar-refractivity contribution is 7.90. The Bertz CT molecular complexity index is 846. The summed E-state index contributed by atoms with van der Waals surface area (Å²) in [6.07, 6.45) is 2.26. The highest BCUT2D eigenvalue weighted by atomic mass is 32.2. The quantitative estimate of drug-likeness (QED) is 0.793. The number of amides is 1. The Morgan fingerprint density at radius 3 is 2.52 bits per heavy atom. The van der Waals surface area contributed by atoms with Crippen LogP contribution in [0.5, 0.6) is 0 Å². The number of rotatable bonds is 7. The van der Waals surface area contributed by atoms with Gasteiger partial charge in [0.1, 0.15) is 0 Å². The van der Waals surface area contributed by atoms with Gasteiger partial charge in [0, 0.05) is 18.2 Å². The second-order valence-corrected chi connectivity index (χ2v) is 8.47. The molecule has 0 aromatic heterocycles. The summed E-state index contributed by atoms with van der Waals surface area (Å²) in [5.74, 6) is 0.150. The number of sulfone groups is 1. The van der Waals surface area contributed by atoms with E-state index in [0.717, 1.165) is 12.8 Å². The Labute approximate surface area is 148 Å². The Balaban J connectivity index is 1.67. The summed E-state index contributed by atoms with van der Waals surface area (Å²) in [5.41, 5.74) is 7.02. The largest absolute Gasteiger partial charge is 0.350 e. The van der Waals surface area contributed by atoms with Gasteiger partial charge >= 0.3 is 0 Å². The van der Waals surface area contributed by atoms with E-state index in [4.69, 9.17) is 5.73 Å². The van der Waals surface area contributed by atoms with Crippen LogP contribution in [0, 0.1) is 5.92 Å². The zero-order valence-electron chi connectivity index (χ0n) is 13.9. The van der Waals surface area contributed by atoms with Crippen molar-refractivity contribution in [2.45, 2.75) is 29.5 Å². The molecule has 0 aliphatic heterocycles. The predicted molar refractivity (Wildman–Crippen MR) is 96.8 cm³/mol. The van der Waals surface area contributed by atoms with E-state index in [1.807, 2.05) is 0 Å². The second-order valence-electron chi connectivity index (χ2n) is 6.48. The Kier molecular flexibility index (Phi) is 5.20. The molecule has 1 atom stereocenters. The number of hydrogen-bond acceptors (Lipinski definition) is 4. The molecule has 132 valence electrons. The second kappa shape index (κ2) is 7.37. The van der Waals surface area contributed by atoms with Gasteiger partial charge in [0.05, 0.1) is 10.6 Å². The first-order valence-electron chi connectivity index (χ1n) is 8.36. The van der Waals surface area contributed by atoms with Crippen LogP contribution < -0.4 is 11.1 Å². The molecule has 6 heteroatoms. The zero-order valence-corrected chi connectivity index (χ0v) is 14.7. The van der Waals surface area contributed by atoms with Crippen LogP contribution in [0.4, 0.5) is 0 Å². The lowest BCUT2D eigenvalue weighted by Gasteiger charge is -2.12. The van der Waals surface area contributed by atoms with E-state index in [1.54, 1.807) is 54.6 Å². The molecule has 0 heterocycles. The van der Waals surface area contributed by atoms with Crippen molar-refractivity contribution in [3.05, 3.63) is 65.7 Å². The minimum absolute atomic E-state index is 0.00871. The molecule has 2 aromatic rings. The SMILES string of the molecule is NC(CNC(=O)c1cccc(CS(=O)(=O)c2ccccc2)c1)C1CC1. The van der Waals surface area contributed by atoms with E-state index in [2.05, 4.69) is 5.32 Å². The van der Waals surface area contributed by atoms with Crippen molar-refractivity contribution in [1.29, 1.82) is 0 Å². The molecule has 1 aliphatic carbocycles. The Hall–Kier alpha value is -2.18. The van der Waals surface area contributed by atoms with Crippen LogP contribution in [0.25, 0.3) is 0 Å². The fourth-order valence-electron chi connectivity index (χ4n) is 2.74. The van der Waals surface area contributed by atoms with Crippen LogP contribution in [0.15, 0.2) is 59.5 Å². The van der Waals surface area contributed by atoms with Crippen molar-refractivity contribution in [1.82, 2.24) is 5.32 Å². The van der Waals surface area contributed by atoms with Crippen molar-refractivity contribution in [3.63, 3.8) is 0 Å². The van der Waals surface area contributed by atoms with Gasteiger partial charge in [-0.05, 0) is 48.6 Å². The molecule has 0 radical (unpaired) electrons. The molecule has 3 rings (SSSR count). The average Bonchev–Trinajstić information content (AvgIpc) is 3.45. The Morgan fingerprint density at radius 2 is 1.84 bits per heavy atom. The minimum Gasteiger partial charge on any atom is -0.350 e. The molecule has 2 aromatic carbocycles. The van der Waals surface area contributed by atoms with Gasteiger partial charge in [-0.1, -0.05) is 30.3 Å². The van der Waals surface area contributed by atoms with Crippen LogP contribution in [0.1, 0.15) is 28.8 Å². The monoisotopic (exact) mass is 358 g/mol. The molecule has 1 amide bonds. The molecule has 1 aliphatic rings.